The summed E-state index contributed by atoms with van der Waals surface area (Å²) >= 11 is 0. The van der Waals surface area contributed by atoms with E-state index in [1.54, 1.807) is 0 Å². The van der Waals surface area contributed by atoms with Gasteiger partial charge in [-0.1, -0.05) is 36.4 Å². The maximum atomic E-state index is 11.2. The molecular formula is C17H15NO. The SMILES string of the molecule is Cc1ccccc1Cn1ccc2cccc(C=O)c21. The second-order valence-electron chi connectivity index (χ2n) is 4.77. The minimum atomic E-state index is 0.746. The lowest BCUT2D eigenvalue weighted by atomic mass is 10.1. The predicted molar refractivity (Wildman–Crippen MR) is 77.6 cm³/mol. The van der Waals surface area contributed by atoms with Crippen molar-refractivity contribution in [3.8, 4) is 0 Å². The van der Waals surface area contributed by atoms with Crippen LogP contribution in [0.5, 0.6) is 0 Å². The number of hydrogen-bond donors (Lipinski definition) is 0. The van der Waals surface area contributed by atoms with E-state index in [9.17, 15) is 4.79 Å². The van der Waals surface area contributed by atoms with Gasteiger partial charge in [0.05, 0.1) is 5.52 Å². The van der Waals surface area contributed by atoms with Crippen LogP contribution in [-0.2, 0) is 6.54 Å². The van der Waals surface area contributed by atoms with Crippen LogP contribution in [0.4, 0.5) is 0 Å². The van der Waals surface area contributed by atoms with Gasteiger partial charge in [-0.15, -0.1) is 0 Å². The fourth-order valence-electron chi connectivity index (χ4n) is 2.49. The van der Waals surface area contributed by atoms with Gasteiger partial charge in [-0.2, -0.15) is 0 Å². The number of aryl methyl sites for hydroxylation is 1. The largest absolute Gasteiger partial charge is 0.342 e. The summed E-state index contributed by atoms with van der Waals surface area (Å²) in [7, 11) is 0. The molecule has 1 heterocycles. The second kappa shape index (κ2) is 4.73. The van der Waals surface area contributed by atoms with E-state index in [2.05, 4.69) is 35.8 Å². The number of aldehydes is 1. The summed E-state index contributed by atoms with van der Waals surface area (Å²) in [5.74, 6) is 0. The fourth-order valence-corrected chi connectivity index (χ4v) is 2.49. The number of benzene rings is 2. The number of carbonyl (C=O) groups excluding carboxylic acids is 1. The molecule has 0 fully saturated rings. The van der Waals surface area contributed by atoms with Crippen molar-refractivity contribution in [3.05, 3.63) is 71.4 Å². The Balaban J connectivity index is 2.11. The van der Waals surface area contributed by atoms with Crippen LogP contribution in [-0.4, -0.2) is 10.9 Å². The van der Waals surface area contributed by atoms with Crippen molar-refractivity contribution in [1.29, 1.82) is 0 Å². The normalized spacial score (nSPS) is 10.8. The molecule has 0 aliphatic rings. The Kier molecular flexibility index (Phi) is 2.92. The lowest BCUT2D eigenvalue weighted by molar-refractivity contribution is 0.112. The molecule has 0 radical (unpaired) electrons. The summed E-state index contributed by atoms with van der Waals surface area (Å²) in [6, 6.07) is 16.2. The standard InChI is InChI=1S/C17H15NO/c1-13-5-2-3-6-15(13)11-18-10-9-14-7-4-8-16(12-19)17(14)18/h2-10,12H,11H2,1H3. The van der Waals surface area contributed by atoms with Gasteiger partial charge in [-0.05, 0) is 30.2 Å². The highest BCUT2D eigenvalue weighted by atomic mass is 16.1. The smallest absolute Gasteiger partial charge is 0.152 e. The van der Waals surface area contributed by atoms with Crippen LogP contribution < -0.4 is 0 Å². The van der Waals surface area contributed by atoms with E-state index in [1.165, 1.54) is 11.1 Å². The molecule has 0 spiro atoms. The number of aromatic nitrogens is 1. The molecule has 2 nitrogen and oxygen atoms in total. The molecule has 0 N–H and O–H groups in total. The van der Waals surface area contributed by atoms with E-state index >= 15 is 0 Å². The monoisotopic (exact) mass is 249 g/mol. The summed E-state index contributed by atoms with van der Waals surface area (Å²) in [4.78, 5) is 11.2. The third kappa shape index (κ3) is 2.06. The van der Waals surface area contributed by atoms with Crippen LogP contribution in [0.2, 0.25) is 0 Å². The molecule has 0 aliphatic heterocycles. The van der Waals surface area contributed by atoms with Crippen molar-refractivity contribution in [2.75, 3.05) is 0 Å². The highest BCUT2D eigenvalue weighted by molar-refractivity contribution is 5.96. The second-order valence-corrected chi connectivity index (χ2v) is 4.77. The van der Waals surface area contributed by atoms with Crippen molar-refractivity contribution in [2.45, 2.75) is 13.5 Å². The zero-order valence-electron chi connectivity index (χ0n) is 10.8. The highest BCUT2D eigenvalue weighted by Crippen LogP contribution is 2.21. The van der Waals surface area contributed by atoms with Crippen molar-refractivity contribution in [1.82, 2.24) is 4.57 Å². The number of para-hydroxylation sites is 1. The molecule has 0 unspecified atom stereocenters. The van der Waals surface area contributed by atoms with E-state index in [0.29, 0.717) is 0 Å². The quantitative estimate of drug-likeness (QED) is 0.647. The first-order valence-corrected chi connectivity index (χ1v) is 6.37. The molecule has 0 saturated heterocycles. The Morgan fingerprint density at radius 2 is 1.89 bits per heavy atom. The zero-order chi connectivity index (χ0) is 13.2. The molecule has 0 aliphatic carbocycles. The maximum absolute atomic E-state index is 11.2. The van der Waals surface area contributed by atoms with Crippen molar-refractivity contribution in [3.63, 3.8) is 0 Å². The number of rotatable bonds is 3. The summed E-state index contributed by atoms with van der Waals surface area (Å²) < 4.78 is 2.14. The Morgan fingerprint density at radius 1 is 1.05 bits per heavy atom. The van der Waals surface area contributed by atoms with Gasteiger partial charge in [0.15, 0.2) is 6.29 Å². The zero-order valence-corrected chi connectivity index (χ0v) is 10.8. The van der Waals surface area contributed by atoms with Gasteiger partial charge < -0.3 is 4.57 Å². The van der Waals surface area contributed by atoms with E-state index < -0.39 is 0 Å². The van der Waals surface area contributed by atoms with Gasteiger partial charge in [-0.3, -0.25) is 4.79 Å². The molecular weight excluding hydrogens is 234 g/mol. The van der Waals surface area contributed by atoms with E-state index in [4.69, 9.17) is 0 Å². The molecule has 2 heteroatoms. The first-order chi connectivity index (χ1) is 9.29. The lowest BCUT2D eigenvalue weighted by Gasteiger charge is -2.09. The van der Waals surface area contributed by atoms with Crippen LogP contribution >= 0.6 is 0 Å². The molecule has 3 rings (SSSR count). The first kappa shape index (κ1) is 11.7. The van der Waals surface area contributed by atoms with Gasteiger partial charge >= 0.3 is 0 Å². The summed E-state index contributed by atoms with van der Waals surface area (Å²) in [6.45, 7) is 2.91. The number of nitrogens with zero attached hydrogens (tertiary/aromatic N) is 1. The molecule has 1 aromatic heterocycles. The number of hydrogen-bond acceptors (Lipinski definition) is 1. The molecule has 0 amide bonds. The van der Waals surface area contributed by atoms with Crippen LogP contribution in [0.25, 0.3) is 10.9 Å². The average molecular weight is 249 g/mol. The third-order valence-electron chi connectivity index (χ3n) is 3.55. The molecule has 2 aromatic carbocycles. The van der Waals surface area contributed by atoms with Crippen molar-refractivity contribution < 1.29 is 4.79 Å². The fraction of sp³-hybridized carbons (Fsp3) is 0.118. The minimum absolute atomic E-state index is 0.746. The molecule has 19 heavy (non-hydrogen) atoms. The molecule has 0 atom stereocenters. The van der Waals surface area contributed by atoms with E-state index in [-0.39, 0.29) is 0 Å². The summed E-state index contributed by atoms with van der Waals surface area (Å²) in [5, 5.41) is 1.11. The van der Waals surface area contributed by atoms with Crippen molar-refractivity contribution in [2.24, 2.45) is 0 Å². The Morgan fingerprint density at radius 3 is 2.68 bits per heavy atom. The Bertz CT molecular complexity index is 740. The first-order valence-electron chi connectivity index (χ1n) is 6.37. The number of carbonyl (C=O) groups is 1. The van der Waals surface area contributed by atoms with E-state index in [1.807, 2.05) is 30.5 Å². The summed E-state index contributed by atoms with van der Waals surface area (Å²) in [6.07, 6.45) is 2.97. The summed E-state index contributed by atoms with van der Waals surface area (Å²) in [5.41, 5.74) is 4.31. The number of fused-ring (bicyclic) bond motifs is 1. The van der Waals surface area contributed by atoms with Crippen LogP contribution in [0.1, 0.15) is 21.5 Å². The van der Waals surface area contributed by atoms with Gasteiger partial charge in [0.1, 0.15) is 0 Å². The molecule has 94 valence electrons. The molecule has 0 saturated carbocycles. The van der Waals surface area contributed by atoms with Gasteiger partial charge in [0, 0.05) is 23.7 Å². The topological polar surface area (TPSA) is 22.0 Å². The Hall–Kier alpha value is -2.35. The molecule has 0 bridgehead atoms. The maximum Gasteiger partial charge on any atom is 0.152 e. The van der Waals surface area contributed by atoms with Crippen LogP contribution in [0.15, 0.2) is 54.7 Å². The van der Waals surface area contributed by atoms with E-state index in [0.717, 1.165) is 29.3 Å². The Labute approximate surface area is 112 Å². The molecule has 3 aromatic rings. The average Bonchev–Trinajstić information content (AvgIpc) is 2.85. The lowest BCUT2D eigenvalue weighted by Crippen LogP contribution is -2.01. The minimum Gasteiger partial charge on any atom is -0.342 e. The van der Waals surface area contributed by atoms with Gasteiger partial charge in [0.25, 0.3) is 0 Å². The van der Waals surface area contributed by atoms with Gasteiger partial charge in [-0.25, -0.2) is 0 Å². The highest BCUT2D eigenvalue weighted by Gasteiger charge is 2.07. The predicted octanol–water partition coefficient (Wildman–Crippen LogP) is 3.81. The van der Waals surface area contributed by atoms with Crippen LogP contribution in [0, 0.1) is 6.92 Å². The van der Waals surface area contributed by atoms with Crippen LogP contribution in [0.3, 0.4) is 0 Å². The van der Waals surface area contributed by atoms with Crippen molar-refractivity contribution >= 4 is 17.2 Å². The van der Waals surface area contributed by atoms with Gasteiger partial charge in [0.2, 0.25) is 0 Å². The third-order valence-corrected chi connectivity index (χ3v) is 3.55.